The minimum atomic E-state index is -0.335. The van der Waals surface area contributed by atoms with Gasteiger partial charge in [-0.15, -0.1) is 0 Å². The molecule has 17 heavy (non-hydrogen) atoms. The van der Waals surface area contributed by atoms with Gasteiger partial charge in [0.25, 0.3) is 0 Å². The standard InChI is InChI=1S/C12H16BrFN2O/c13-10-6-11(14)12(16-7-10)15-4-1-5-17-8-9-2-3-9/h6-7,9H,1-5,8H2,(H,15,16). The second kappa shape index (κ2) is 6.31. The Morgan fingerprint density at radius 3 is 3.06 bits per heavy atom. The van der Waals surface area contributed by atoms with Gasteiger partial charge < -0.3 is 10.1 Å². The average Bonchev–Trinajstić information content (AvgIpc) is 3.09. The van der Waals surface area contributed by atoms with Crippen molar-refractivity contribution in [1.82, 2.24) is 4.98 Å². The molecule has 0 radical (unpaired) electrons. The number of hydrogen-bond acceptors (Lipinski definition) is 3. The molecule has 1 aliphatic rings. The second-order valence-corrected chi connectivity index (χ2v) is 5.20. The molecule has 0 aliphatic heterocycles. The fraction of sp³-hybridized carbons (Fsp3) is 0.583. The van der Waals surface area contributed by atoms with Gasteiger partial charge in [0.05, 0.1) is 0 Å². The molecule has 1 saturated carbocycles. The van der Waals surface area contributed by atoms with Crippen LogP contribution in [0.15, 0.2) is 16.7 Å². The summed E-state index contributed by atoms with van der Waals surface area (Å²) in [5.41, 5.74) is 0. The number of pyridine rings is 1. The smallest absolute Gasteiger partial charge is 0.166 e. The first kappa shape index (κ1) is 12.8. The van der Waals surface area contributed by atoms with Crippen LogP contribution in [0.25, 0.3) is 0 Å². The number of anilines is 1. The number of nitrogens with one attached hydrogen (secondary N) is 1. The van der Waals surface area contributed by atoms with Gasteiger partial charge in [0.1, 0.15) is 0 Å². The predicted octanol–water partition coefficient (Wildman–Crippen LogP) is 3.21. The molecule has 2 rings (SSSR count). The topological polar surface area (TPSA) is 34.2 Å². The summed E-state index contributed by atoms with van der Waals surface area (Å²) in [5.74, 6) is 0.766. The Morgan fingerprint density at radius 1 is 1.53 bits per heavy atom. The highest BCUT2D eigenvalue weighted by Gasteiger charge is 2.20. The second-order valence-electron chi connectivity index (χ2n) is 4.28. The third kappa shape index (κ3) is 4.60. The van der Waals surface area contributed by atoms with Gasteiger partial charge in [-0.1, -0.05) is 0 Å². The van der Waals surface area contributed by atoms with E-state index in [9.17, 15) is 4.39 Å². The lowest BCUT2D eigenvalue weighted by molar-refractivity contribution is 0.124. The van der Waals surface area contributed by atoms with Gasteiger partial charge in [0.15, 0.2) is 11.6 Å². The highest BCUT2D eigenvalue weighted by molar-refractivity contribution is 9.10. The van der Waals surface area contributed by atoms with Gasteiger partial charge in [-0.25, -0.2) is 9.37 Å². The predicted molar refractivity (Wildman–Crippen MR) is 68.5 cm³/mol. The van der Waals surface area contributed by atoms with Crippen molar-refractivity contribution in [3.05, 3.63) is 22.6 Å². The third-order valence-electron chi connectivity index (χ3n) is 2.62. The molecule has 0 atom stereocenters. The van der Waals surface area contributed by atoms with Crippen LogP contribution in [0.3, 0.4) is 0 Å². The number of ether oxygens (including phenoxy) is 1. The minimum Gasteiger partial charge on any atom is -0.381 e. The van der Waals surface area contributed by atoms with Crippen LogP contribution >= 0.6 is 15.9 Å². The molecule has 0 unspecified atom stereocenters. The molecule has 0 saturated heterocycles. The Kier molecular flexibility index (Phi) is 4.74. The maximum Gasteiger partial charge on any atom is 0.166 e. The van der Waals surface area contributed by atoms with E-state index in [1.165, 1.54) is 18.9 Å². The van der Waals surface area contributed by atoms with Crippen molar-refractivity contribution in [3.8, 4) is 0 Å². The Balaban J connectivity index is 1.60. The third-order valence-corrected chi connectivity index (χ3v) is 3.05. The van der Waals surface area contributed by atoms with Gasteiger partial charge in [0.2, 0.25) is 0 Å². The summed E-state index contributed by atoms with van der Waals surface area (Å²) in [5, 5.41) is 2.96. The highest BCUT2D eigenvalue weighted by atomic mass is 79.9. The molecular formula is C12H16BrFN2O. The molecule has 94 valence electrons. The van der Waals surface area contributed by atoms with Crippen LogP contribution in [0.2, 0.25) is 0 Å². The zero-order chi connectivity index (χ0) is 12.1. The Labute approximate surface area is 109 Å². The fourth-order valence-electron chi connectivity index (χ4n) is 1.46. The molecule has 0 bridgehead atoms. The van der Waals surface area contributed by atoms with Crippen LogP contribution < -0.4 is 5.32 Å². The van der Waals surface area contributed by atoms with E-state index in [1.54, 1.807) is 6.20 Å². The zero-order valence-electron chi connectivity index (χ0n) is 9.59. The van der Waals surface area contributed by atoms with Crippen molar-refractivity contribution < 1.29 is 9.13 Å². The molecule has 1 aliphatic carbocycles. The van der Waals surface area contributed by atoms with E-state index in [0.29, 0.717) is 16.8 Å². The van der Waals surface area contributed by atoms with Crippen LogP contribution in [-0.2, 0) is 4.74 Å². The van der Waals surface area contributed by atoms with Crippen LogP contribution in [0.4, 0.5) is 10.2 Å². The Morgan fingerprint density at radius 2 is 2.35 bits per heavy atom. The van der Waals surface area contributed by atoms with Crippen molar-refractivity contribution in [1.29, 1.82) is 0 Å². The van der Waals surface area contributed by atoms with E-state index in [1.807, 2.05) is 0 Å². The first-order valence-corrected chi connectivity index (χ1v) is 6.67. The normalized spacial score (nSPS) is 14.9. The molecule has 1 aromatic rings. The van der Waals surface area contributed by atoms with Gasteiger partial charge in [-0.3, -0.25) is 0 Å². The molecular weight excluding hydrogens is 287 g/mol. The summed E-state index contributed by atoms with van der Waals surface area (Å²) in [6.07, 6.45) is 5.07. The summed E-state index contributed by atoms with van der Waals surface area (Å²) in [6, 6.07) is 1.40. The van der Waals surface area contributed by atoms with E-state index in [4.69, 9.17) is 4.74 Å². The number of halogens is 2. The van der Waals surface area contributed by atoms with E-state index < -0.39 is 0 Å². The fourth-order valence-corrected chi connectivity index (χ4v) is 1.76. The monoisotopic (exact) mass is 302 g/mol. The van der Waals surface area contributed by atoms with Crippen molar-refractivity contribution >= 4 is 21.7 Å². The number of aromatic nitrogens is 1. The summed E-state index contributed by atoms with van der Waals surface area (Å²) >= 11 is 3.17. The molecule has 1 fully saturated rings. The summed E-state index contributed by atoms with van der Waals surface area (Å²) in [7, 11) is 0. The van der Waals surface area contributed by atoms with Crippen LogP contribution in [0.1, 0.15) is 19.3 Å². The summed E-state index contributed by atoms with van der Waals surface area (Å²) in [4.78, 5) is 3.96. The molecule has 5 heteroatoms. The van der Waals surface area contributed by atoms with E-state index in [0.717, 1.165) is 25.6 Å². The van der Waals surface area contributed by atoms with Crippen LogP contribution in [-0.4, -0.2) is 24.7 Å². The molecule has 0 aromatic carbocycles. The Bertz CT molecular complexity index is 372. The molecule has 0 spiro atoms. The van der Waals surface area contributed by atoms with Crippen molar-refractivity contribution in [3.63, 3.8) is 0 Å². The number of nitrogens with zero attached hydrogens (tertiary/aromatic N) is 1. The SMILES string of the molecule is Fc1cc(Br)cnc1NCCCOCC1CC1. The molecule has 1 aromatic heterocycles. The maximum absolute atomic E-state index is 13.4. The molecule has 3 nitrogen and oxygen atoms in total. The van der Waals surface area contributed by atoms with Gasteiger partial charge in [-0.05, 0) is 47.2 Å². The van der Waals surface area contributed by atoms with E-state index in [2.05, 4.69) is 26.2 Å². The molecule has 1 N–H and O–H groups in total. The first-order chi connectivity index (χ1) is 8.25. The van der Waals surface area contributed by atoms with Crippen molar-refractivity contribution in [2.75, 3.05) is 25.1 Å². The van der Waals surface area contributed by atoms with Gasteiger partial charge in [0, 0.05) is 30.4 Å². The van der Waals surface area contributed by atoms with Crippen LogP contribution in [0.5, 0.6) is 0 Å². The number of rotatable bonds is 7. The van der Waals surface area contributed by atoms with E-state index >= 15 is 0 Å². The summed E-state index contributed by atoms with van der Waals surface area (Å²) < 4.78 is 19.5. The quantitative estimate of drug-likeness (QED) is 0.785. The maximum atomic E-state index is 13.4. The van der Waals surface area contributed by atoms with E-state index in [-0.39, 0.29) is 5.82 Å². The van der Waals surface area contributed by atoms with Gasteiger partial charge >= 0.3 is 0 Å². The van der Waals surface area contributed by atoms with Gasteiger partial charge in [-0.2, -0.15) is 0 Å². The largest absolute Gasteiger partial charge is 0.381 e. The first-order valence-electron chi connectivity index (χ1n) is 5.88. The molecule has 0 amide bonds. The zero-order valence-corrected chi connectivity index (χ0v) is 11.2. The van der Waals surface area contributed by atoms with Crippen molar-refractivity contribution in [2.45, 2.75) is 19.3 Å². The van der Waals surface area contributed by atoms with Crippen LogP contribution in [0, 0.1) is 11.7 Å². The molecule has 1 heterocycles. The summed E-state index contributed by atoms with van der Waals surface area (Å²) in [6.45, 7) is 2.28. The minimum absolute atomic E-state index is 0.301. The average molecular weight is 303 g/mol. The van der Waals surface area contributed by atoms with Crippen molar-refractivity contribution in [2.24, 2.45) is 5.92 Å². The lowest BCUT2D eigenvalue weighted by Crippen LogP contribution is -2.09. The lowest BCUT2D eigenvalue weighted by atomic mass is 10.4. The lowest BCUT2D eigenvalue weighted by Gasteiger charge is -2.07. The highest BCUT2D eigenvalue weighted by Crippen LogP contribution is 2.28. The Hall–Kier alpha value is -0.680. The number of hydrogen-bond donors (Lipinski definition) is 1.